The molecule has 0 aliphatic rings. The predicted molar refractivity (Wildman–Crippen MR) is 89.6 cm³/mol. The van der Waals surface area contributed by atoms with Gasteiger partial charge < -0.3 is 9.84 Å². The Balaban J connectivity index is 1.71. The minimum absolute atomic E-state index is 0.229. The van der Waals surface area contributed by atoms with E-state index in [1.165, 1.54) is 0 Å². The zero-order valence-electron chi connectivity index (χ0n) is 12.5. The van der Waals surface area contributed by atoms with Gasteiger partial charge in [0.05, 0.1) is 5.56 Å². The lowest BCUT2D eigenvalue weighted by Gasteiger charge is -2.09. The molecule has 0 radical (unpaired) electrons. The fourth-order valence-corrected chi connectivity index (χ4v) is 2.39. The first kappa shape index (κ1) is 14.9. The summed E-state index contributed by atoms with van der Waals surface area (Å²) in [5.74, 6) is -0.228. The largest absolute Gasteiger partial charge is 0.489 e. The van der Waals surface area contributed by atoms with E-state index in [2.05, 4.69) is 12.1 Å². The van der Waals surface area contributed by atoms with E-state index in [0.29, 0.717) is 11.3 Å². The molecule has 0 saturated carbocycles. The van der Waals surface area contributed by atoms with Crippen LogP contribution in [-0.2, 0) is 6.61 Å². The summed E-state index contributed by atoms with van der Waals surface area (Å²) in [7, 11) is 0. The SMILES string of the molecule is O=C(O)c1ccccc1COc1ccc(-c2ccccc2)cc1. The molecule has 0 bridgehead atoms. The van der Waals surface area contributed by atoms with Gasteiger partial charge in [0.1, 0.15) is 12.4 Å². The van der Waals surface area contributed by atoms with Gasteiger partial charge in [0.2, 0.25) is 0 Å². The van der Waals surface area contributed by atoms with E-state index in [1.807, 2.05) is 48.5 Å². The minimum Gasteiger partial charge on any atom is -0.489 e. The average Bonchev–Trinajstić information content (AvgIpc) is 2.61. The van der Waals surface area contributed by atoms with Crippen LogP contribution in [0, 0.1) is 0 Å². The average molecular weight is 304 g/mol. The van der Waals surface area contributed by atoms with Crippen molar-refractivity contribution >= 4 is 5.97 Å². The molecule has 3 rings (SSSR count). The molecule has 114 valence electrons. The van der Waals surface area contributed by atoms with Crippen molar-refractivity contribution in [3.63, 3.8) is 0 Å². The third-order valence-electron chi connectivity index (χ3n) is 3.60. The topological polar surface area (TPSA) is 46.5 Å². The predicted octanol–water partition coefficient (Wildman–Crippen LogP) is 4.63. The van der Waals surface area contributed by atoms with E-state index >= 15 is 0 Å². The van der Waals surface area contributed by atoms with E-state index in [9.17, 15) is 4.79 Å². The van der Waals surface area contributed by atoms with Crippen molar-refractivity contribution in [2.24, 2.45) is 0 Å². The Bertz CT molecular complexity index is 793. The van der Waals surface area contributed by atoms with Crippen LogP contribution < -0.4 is 4.74 Å². The van der Waals surface area contributed by atoms with Crippen LogP contribution in [-0.4, -0.2) is 11.1 Å². The first-order valence-corrected chi connectivity index (χ1v) is 7.33. The van der Waals surface area contributed by atoms with Gasteiger partial charge in [0, 0.05) is 5.56 Å². The zero-order chi connectivity index (χ0) is 16.1. The summed E-state index contributed by atoms with van der Waals surface area (Å²) in [6.07, 6.45) is 0. The fourth-order valence-electron chi connectivity index (χ4n) is 2.39. The minimum atomic E-state index is -0.941. The van der Waals surface area contributed by atoms with Crippen molar-refractivity contribution in [2.75, 3.05) is 0 Å². The maximum absolute atomic E-state index is 11.2. The third kappa shape index (κ3) is 3.58. The van der Waals surface area contributed by atoms with Gasteiger partial charge in [0.15, 0.2) is 0 Å². The third-order valence-corrected chi connectivity index (χ3v) is 3.60. The van der Waals surface area contributed by atoms with Gasteiger partial charge in [-0.15, -0.1) is 0 Å². The molecule has 3 aromatic carbocycles. The lowest BCUT2D eigenvalue weighted by molar-refractivity contribution is 0.0694. The van der Waals surface area contributed by atoms with Gasteiger partial charge in [0.25, 0.3) is 0 Å². The highest BCUT2D eigenvalue weighted by Gasteiger charge is 2.09. The lowest BCUT2D eigenvalue weighted by Crippen LogP contribution is -2.05. The summed E-state index contributed by atoms with van der Waals surface area (Å²) in [6.45, 7) is 0.229. The van der Waals surface area contributed by atoms with Gasteiger partial charge in [-0.25, -0.2) is 4.79 Å². The second-order valence-electron chi connectivity index (χ2n) is 5.14. The van der Waals surface area contributed by atoms with Crippen LogP contribution >= 0.6 is 0 Å². The molecule has 0 aliphatic carbocycles. The van der Waals surface area contributed by atoms with Crippen molar-refractivity contribution in [1.29, 1.82) is 0 Å². The van der Waals surface area contributed by atoms with Crippen LogP contribution in [0.4, 0.5) is 0 Å². The number of benzene rings is 3. The summed E-state index contributed by atoms with van der Waals surface area (Å²) in [6, 6.07) is 24.7. The number of carboxylic acid groups (broad SMARTS) is 1. The molecule has 0 fully saturated rings. The van der Waals surface area contributed by atoms with Crippen LogP contribution in [0.25, 0.3) is 11.1 Å². The molecular weight excluding hydrogens is 288 g/mol. The number of hydrogen-bond acceptors (Lipinski definition) is 2. The maximum Gasteiger partial charge on any atom is 0.336 e. The molecule has 1 N–H and O–H groups in total. The molecule has 0 saturated heterocycles. The number of aromatic carboxylic acids is 1. The Morgan fingerprint density at radius 2 is 1.39 bits per heavy atom. The smallest absolute Gasteiger partial charge is 0.336 e. The van der Waals surface area contributed by atoms with E-state index in [0.717, 1.165) is 11.1 Å². The fraction of sp³-hybridized carbons (Fsp3) is 0.0500. The zero-order valence-corrected chi connectivity index (χ0v) is 12.5. The van der Waals surface area contributed by atoms with Crippen molar-refractivity contribution in [2.45, 2.75) is 6.61 Å². The van der Waals surface area contributed by atoms with E-state index in [1.54, 1.807) is 18.2 Å². The Kier molecular flexibility index (Phi) is 4.39. The Hall–Kier alpha value is -3.07. The highest BCUT2D eigenvalue weighted by Crippen LogP contribution is 2.23. The van der Waals surface area contributed by atoms with Crippen LogP contribution in [0.2, 0.25) is 0 Å². The van der Waals surface area contributed by atoms with E-state index < -0.39 is 5.97 Å². The molecule has 3 aromatic rings. The molecule has 0 heterocycles. The summed E-state index contributed by atoms with van der Waals surface area (Å²) in [5, 5.41) is 9.17. The number of hydrogen-bond donors (Lipinski definition) is 1. The number of ether oxygens (including phenoxy) is 1. The van der Waals surface area contributed by atoms with E-state index in [-0.39, 0.29) is 12.2 Å². The van der Waals surface area contributed by atoms with Crippen LogP contribution in [0.1, 0.15) is 15.9 Å². The molecule has 0 unspecified atom stereocenters. The normalized spacial score (nSPS) is 10.3. The van der Waals surface area contributed by atoms with Gasteiger partial charge in [-0.2, -0.15) is 0 Å². The first-order chi connectivity index (χ1) is 11.2. The van der Waals surface area contributed by atoms with Crippen molar-refractivity contribution in [1.82, 2.24) is 0 Å². The van der Waals surface area contributed by atoms with E-state index in [4.69, 9.17) is 9.84 Å². The Labute approximate surface area is 134 Å². The Morgan fingerprint density at radius 1 is 0.783 bits per heavy atom. The Morgan fingerprint density at radius 3 is 2.09 bits per heavy atom. The second-order valence-corrected chi connectivity index (χ2v) is 5.14. The van der Waals surface area contributed by atoms with Gasteiger partial charge in [-0.3, -0.25) is 0 Å². The van der Waals surface area contributed by atoms with Crippen molar-refractivity contribution in [3.05, 3.63) is 90.0 Å². The standard InChI is InChI=1S/C20H16O3/c21-20(22)19-9-5-4-8-17(19)14-23-18-12-10-16(11-13-18)15-6-2-1-3-7-15/h1-13H,14H2,(H,21,22). The van der Waals surface area contributed by atoms with Crippen LogP contribution in [0.15, 0.2) is 78.9 Å². The summed E-state index contributed by atoms with van der Waals surface area (Å²) >= 11 is 0. The molecular formula is C20H16O3. The molecule has 0 aliphatic heterocycles. The summed E-state index contributed by atoms with van der Waals surface area (Å²) < 4.78 is 5.71. The van der Waals surface area contributed by atoms with Gasteiger partial charge in [-0.05, 0) is 29.3 Å². The number of carbonyl (C=O) groups is 1. The maximum atomic E-state index is 11.2. The summed E-state index contributed by atoms with van der Waals surface area (Å²) in [4.78, 5) is 11.2. The first-order valence-electron chi connectivity index (χ1n) is 7.33. The molecule has 3 nitrogen and oxygen atoms in total. The highest BCUT2D eigenvalue weighted by atomic mass is 16.5. The molecule has 0 amide bonds. The molecule has 3 heteroatoms. The quantitative estimate of drug-likeness (QED) is 0.747. The van der Waals surface area contributed by atoms with Gasteiger partial charge >= 0.3 is 5.97 Å². The molecule has 0 aromatic heterocycles. The molecule has 0 spiro atoms. The van der Waals surface area contributed by atoms with Crippen LogP contribution in [0.3, 0.4) is 0 Å². The van der Waals surface area contributed by atoms with Crippen molar-refractivity contribution < 1.29 is 14.6 Å². The molecule has 23 heavy (non-hydrogen) atoms. The lowest BCUT2D eigenvalue weighted by atomic mass is 10.1. The second kappa shape index (κ2) is 6.79. The number of carboxylic acids is 1. The molecule has 0 atom stereocenters. The highest BCUT2D eigenvalue weighted by molar-refractivity contribution is 5.89. The van der Waals surface area contributed by atoms with Gasteiger partial charge in [-0.1, -0.05) is 60.7 Å². The number of rotatable bonds is 5. The van der Waals surface area contributed by atoms with Crippen LogP contribution in [0.5, 0.6) is 5.75 Å². The monoisotopic (exact) mass is 304 g/mol. The summed E-state index contributed by atoms with van der Waals surface area (Å²) in [5.41, 5.74) is 3.19. The van der Waals surface area contributed by atoms with Crippen molar-refractivity contribution in [3.8, 4) is 16.9 Å².